The van der Waals surface area contributed by atoms with Crippen LogP contribution in [0.2, 0.25) is 0 Å². The monoisotopic (exact) mass is 1290 g/mol. The molecule has 4 aromatic rings. The number of fused-ring (bicyclic) bond motifs is 2. The van der Waals surface area contributed by atoms with Crippen LogP contribution in [0.15, 0.2) is 124 Å². The van der Waals surface area contributed by atoms with Crippen molar-refractivity contribution >= 4 is 11.1 Å². The molecular formula is C83H120Y2-2. The molecule has 0 unspecified atom stereocenters. The van der Waals surface area contributed by atoms with Crippen LogP contribution in [-0.4, -0.2) is 0 Å². The summed E-state index contributed by atoms with van der Waals surface area (Å²) in [6.07, 6.45) is 8.89. The van der Waals surface area contributed by atoms with Gasteiger partial charge in [0, 0.05) is 65.4 Å². The van der Waals surface area contributed by atoms with E-state index >= 15 is 0 Å². The number of allylic oxidation sites excluding steroid dienone is 14. The fourth-order valence-electron chi connectivity index (χ4n) is 13.1. The first-order valence-corrected chi connectivity index (χ1v) is 31.2. The number of aryl methyl sites for hydroxylation is 7. The molecule has 0 spiro atoms. The second-order valence-electron chi connectivity index (χ2n) is 31.7. The molecule has 0 heterocycles. The molecule has 2 radical (unpaired) electrons. The Hall–Kier alpha value is -2.99. The number of hydrogen-bond donors (Lipinski definition) is 0. The molecule has 2 heteroatoms. The van der Waals surface area contributed by atoms with Crippen molar-refractivity contribution in [3.05, 3.63) is 219 Å². The second-order valence-corrected chi connectivity index (χ2v) is 31.7. The van der Waals surface area contributed by atoms with E-state index in [-0.39, 0.29) is 97.9 Å². The summed E-state index contributed by atoms with van der Waals surface area (Å²) in [7, 11) is 0. The van der Waals surface area contributed by atoms with Gasteiger partial charge in [0.1, 0.15) is 0 Å². The molecule has 4 aliphatic carbocycles. The summed E-state index contributed by atoms with van der Waals surface area (Å²) in [6.45, 7) is 82.3. The summed E-state index contributed by atoms with van der Waals surface area (Å²) in [6, 6.07) is 22.5. The molecule has 0 aliphatic heterocycles. The summed E-state index contributed by atoms with van der Waals surface area (Å²) in [5.41, 5.74) is 39.8. The molecule has 4 aliphatic rings. The number of rotatable bonds is 0. The molecule has 0 saturated heterocycles. The molecule has 4 aromatic carbocycles. The van der Waals surface area contributed by atoms with Gasteiger partial charge in [-0.2, -0.15) is 58.7 Å². The van der Waals surface area contributed by atoms with Crippen LogP contribution in [0, 0.1) is 96.1 Å². The van der Waals surface area contributed by atoms with E-state index in [1.807, 2.05) is 0 Å². The van der Waals surface area contributed by atoms with E-state index in [9.17, 15) is 0 Å². The van der Waals surface area contributed by atoms with Gasteiger partial charge in [0.25, 0.3) is 0 Å². The molecule has 0 fully saturated rings. The van der Waals surface area contributed by atoms with Crippen molar-refractivity contribution < 1.29 is 65.4 Å². The normalized spacial score (nSPS) is 15.2. The van der Waals surface area contributed by atoms with E-state index in [2.05, 4.69) is 308 Å². The van der Waals surface area contributed by atoms with Crippen LogP contribution in [-0.2, 0) is 89.1 Å². The van der Waals surface area contributed by atoms with Crippen molar-refractivity contribution in [1.29, 1.82) is 0 Å². The van der Waals surface area contributed by atoms with E-state index in [1.165, 1.54) is 150 Å². The zero-order valence-electron chi connectivity index (χ0n) is 61.1. The Labute approximate surface area is 576 Å². The van der Waals surface area contributed by atoms with Gasteiger partial charge in [0.05, 0.1) is 0 Å². The van der Waals surface area contributed by atoms with Crippen molar-refractivity contribution in [2.45, 2.75) is 265 Å². The zero-order valence-corrected chi connectivity index (χ0v) is 66.8. The maximum absolute atomic E-state index is 4.21. The SMILES string of the molecule is C=C1CC(C)=C(C)C(C)=C1C(C)(C)C.C=C1CC(C)=C(C)C=C1C(C)(C)C.CC1=C(C(C)(C)C)c2cc(C)c[c-]c2C1.Cc1c[c-]c2c(c1)C(C(C)(C)C)=CC2.Cc1cc(C)c(C(C)(C)C)c(C)c1C.Cc1cc(C)c(C(C)(C)C)cc1C.[Y].[Y]. The van der Waals surface area contributed by atoms with E-state index in [0.717, 1.165) is 25.7 Å². The van der Waals surface area contributed by atoms with Gasteiger partial charge < -0.3 is 0 Å². The van der Waals surface area contributed by atoms with E-state index in [1.54, 1.807) is 0 Å². The Kier molecular flexibility index (Phi) is 29.3. The third kappa shape index (κ3) is 21.9. The largest absolute Gasteiger partial charge is 0.179 e. The Balaban J connectivity index is 0.000000508. The van der Waals surface area contributed by atoms with Crippen LogP contribution < -0.4 is 0 Å². The van der Waals surface area contributed by atoms with Crippen LogP contribution in [0.3, 0.4) is 0 Å². The van der Waals surface area contributed by atoms with E-state index < -0.39 is 0 Å². The average Bonchev–Trinajstić information content (AvgIpc) is 3.37. The molecule has 0 aromatic heterocycles. The van der Waals surface area contributed by atoms with Gasteiger partial charge in [0.15, 0.2) is 0 Å². The van der Waals surface area contributed by atoms with E-state index in [0.29, 0.717) is 0 Å². The molecule has 0 atom stereocenters. The molecule has 0 bridgehead atoms. The van der Waals surface area contributed by atoms with Gasteiger partial charge in [-0.3, -0.25) is 0 Å². The summed E-state index contributed by atoms with van der Waals surface area (Å²) < 4.78 is 0. The Bertz CT molecular complexity index is 3250. The average molecular weight is 1300 g/mol. The fraction of sp³-hybridized carbons (Fsp3) is 0.518. The standard InChI is InChI=1S/C15H19.C14H17.2C14H22.2C13H20.2Y/c1-10-6-7-12-9-11(2)14(13(12)8-10)15(3,4)5;1-10-5-6-11-7-8-13(12(11)9-10)14(2,3)4;2*1-9-8-10(2)13(14(5,6)7)12(4)11(9)3;2*1-9-7-11(3)12(8-10(9)2)13(4,5)6;;/h6,8H,9H2,1-5H3;5,8-9H,7H2,1-4H3;8H,1-7H3;2,8H2,1,3-7H3;7-8H,1-6H3;8H,3,7H2,1-2,4-6H3;;/q2*-1;;;;;;. The predicted octanol–water partition coefficient (Wildman–Crippen LogP) is 25.0. The fourth-order valence-corrected chi connectivity index (χ4v) is 13.1. The maximum atomic E-state index is 4.21. The van der Waals surface area contributed by atoms with Crippen molar-refractivity contribution in [2.75, 3.05) is 0 Å². The quantitative estimate of drug-likeness (QED) is 0.154. The number of benzene rings is 4. The minimum absolute atomic E-state index is 0. The minimum atomic E-state index is 0. The summed E-state index contributed by atoms with van der Waals surface area (Å²) in [5.74, 6) is 0. The predicted molar refractivity (Wildman–Crippen MR) is 374 cm³/mol. The van der Waals surface area contributed by atoms with Crippen LogP contribution >= 0.6 is 0 Å². The molecular weight excluding hydrogens is 1170 g/mol. The van der Waals surface area contributed by atoms with E-state index in [4.69, 9.17) is 0 Å². The van der Waals surface area contributed by atoms with Gasteiger partial charge in [0.2, 0.25) is 0 Å². The first kappa shape index (κ1) is 80.0. The smallest absolute Gasteiger partial charge is 0 e. The Morgan fingerprint density at radius 1 is 0.376 bits per heavy atom. The first-order chi connectivity index (χ1) is 37.5. The van der Waals surface area contributed by atoms with Gasteiger partial charge in [-0.1, -0.05) is 215 Å². The molecule has 0 N–H and O–H groups in total. The molecule has 85 heavy (non-hydrogen) atoms. The van der Waals surface area contributed by atoms with Gasteiger partial charge in [-0.15, -0.1) is 11.1 Å². The van der Waals surface area contributed by atoms with Crippen molar-refractivity contribution in [3.8, 4) is 0 Å². The van der Waals surface area contributed by atoms with Crippen LogP contribution in [0.25, 0.3) is 11.1 Å². The summed E-state index contributed by atoms with van der Waals surface area (Å²) >= 11 is 0. The third-order valence-corrected chi connectivity index (χ3v) is 17.5. The number of hydrogen-bond acceptors (Lipinski definition) is 0. The Morgan fingerprint density at radius 2 is 0.835 bits per heavy atom. The van der Waals surface area contributed by atoms with Gasteiger partial charge in [-0.05, 0) is 232 Å². The van der Waals surface area contributed by atoms with Gasteiger partial charge in [-0.25, -0.2) is 0 Å². The topological polar surface area (TPSA) is 0 Å². The third-order valence-electron chi connectivity index (χ3n) is 17.5. The molecule has 0 amide bonds. The van der Waals surface area contributed by atoms with Crippen LogP contribution in [0.5, 0.6) is 0 Å². The second kappa shape index (κ2) is 31.2. The molecule has 460 valence electrons. The van der Waals surface area contributed by atoms with Crippen molar-refractivity contribution in [3.63, 3.8) is 0 Å². The van der Waals surface area contributed by atoms with Crippen molar-refractivity contribution in [1.82, 2.24) is 0 Å². The molecule has 8 rings (SSSR count). The summed E-state index contributed by atoms with van der Waals surface area (Å²) in [5, 5.41) is 0. The Morgan fingerprint density at radius 3 is 1.31 bits per heavy atom. The summed E-state index contributed by atoms with van der Waals surface area (Å²) in [4.78, 5) is 0. The zero-order chi connectivity index (χ0) is 64.2. The van der Waals surface area contributed by atoms with Crippen LogP contribution in [0.4, 0.5) is 0 Å². The van der Waals surface area contributed by atoms with Crippen molar-refractivity contribution in [2.24, 2.45) is 21.7 Å². The van der Waals surface area contributed by atoms with Gasteiger partial charge >= 0.3 is 0 Å². The molecule has 0 saturated carbocycles. The first-order valence-electron chi connectivity index (χ1n) is 31.2. The molecule has 0 nitrogen and oxygen atoms in total. The maximum Gasteiger partial charge on any atom is 0 e. The minimum Gasteiger partial charge on any atom is -0.179 e. The van der Waals surface area contributed by atoms with Crippen LogP contribution in [0.1, 0.15) is 262 Å².